The highest BCUT2D eigenvalue weighted by Crippen LogP contribution is 2.55. The van der Waals surface area contributed by atoms with Crippen LogP contribution in [0.5, 0.6) is 0 Å². The number of nitrogens with one attached hydrogen (secondary N) is 1. The Hall–Kier alpha value is -0.570. The SMILES string of the molecule is CCOC(=O)[C@]1(NC)CC1(C)C. The first-order valence-corrected chi connectivity index (χ1v) is 4.36. The minimum atomic E-state index is -0.414. The van der Waals surface area contributed by atoms with Gasteiger partial charge in [0.2, 0.25) is 0 Å². The lowest BCUT2D eigenvalue weighted by Crippen LogP contribution is -2.42. The summed E-state index contributed by atoms with van der Waals surface area (Å²) in [5, 5.41) is 3.05. The van der Waals surface area contributed by atoms with Crippen LogP contribution in [0.3, 0.4) is 0 Å². The van der Waals surface area contributed by atoms with Crippen molar-refractivity contribution in [2.45, 2.75) is 32.7 Å². The quantitative estimate of drug-likeness (QED) is 0.642. The highest BCUT2D eigenvalue weighted by atomic mass is 16.5. The van der Waals surface area contributed by atoms with E-state index in [2.05, 4.69) is 19.2 Å². The van der Waals surface area contributed by atoms with Gasteiger partial charge in [0.15, 0.2) is 0 Å². The van der Waals surface area contributed by atoms with Crippen molar-refractivity contribution < 1.29 is 9.53 Å². The molecule has 0 aliphatic heterocycles. The summed E-state index contributed by atoms with van der Waals surface area (Å²) < 4.78 is 4.99. The molecule has 0 unspecified atom stereocenters. The zero-order valence-electron chi connectivity index (χ0n) is 8.23. The van der Waals surface area contributed by atoms with E-state index in [1.807, 2.05) is 14.0 Å². The predicted molar refractivity (Wildman–Crippen MR) is 46.8 cm³/mol. The summed E-state index contributed by atoms with van der Waals surface area (Å²) in [6.45, 7) is 6.43. The van der Waals surface area contributed by atoms with E-state index in [4.69, 9.17) is 4.74 Å². The molecule has 0 heterocycles. The number of likely N-dealkylation sites (N-methyl/N-ethyl adjacent to an activating group) is 1. The van der Waals surface area contributed by atoms with E-state index in [0.29, 0.717) is 6.61 Å². The molecule has 1 rings (SSSR count). The van der Waals surface area contributed by atoms with E-state index in [0.717, 1.165) is 6.42 Å². The van der Waals surface area contributed by atoms with Gasteiger partial charge in [0.1, 0.15) is 5.54 Å². The van der Waals surface area contributed by atoms with E-state index >= 15 is 0 Å². The number of carbonyl (C=O) groups excluding carboxylic acids is 1. The monoisotopic (exact) mass is 171 g/mol. The van der Waals surface area contributed by atoms with Crippen LogP contribution in [-0.4, -0.2) is 25.2 Å². The van der Waals surface area contributed by atoms with Crippen LogP contribution in [-0.2, 0) is 9.53 Å². The van der Waals surface area contributed by atoms with Gasteiger partial charge in [-0.1, -0.05) is 13.8 Å². The molecule has 70 valence electrons. The third-order valence-corrected chi connectivity index (χ3v) is 2.79. The summed E-state index contributed by atoms with van der Waals surface area (Å²) in [4.78, 5) is 11.5. The highest BCUT2D eigenvalue weighted by molar-refractivity contribution is 5.86. The Balaban J connectivity index is 2.66. The topological polar surface area (TPSA) is 38.3 Å². The Kier molecular flexibility index (Phi) is 2.17. The number of ether oxygens (including phenoxy) is 1. The molecule has 0 aromatic rings. The van der Waals surface area contributed by atoms with Crippen LogP contribution >= 0.6 is 0 Å². The summed E-state index contributed by atoms with van der Waals surface area (Å²) in [6.07, 6.45) is 0.870. The van der Waals surface area contributed by atoms with Gasteiger partial charge in [-0.05, 0) is 25.8 Å². The second-order valence-electron chi connectivity index (χ2n) is 3.94. The van der Waals surface area contributed by atoms with E-state index < -0.39 is 5.54 Å². The molecule has 0 amide bonds. The largest absolute Gasteiger partial charge is 0.465 e. The van der Waals surface area contributed by atoms with Crippen LogP contribution in [0.2, 0.25) is 0 Å². The van der Waals surface area contributed by atoms with Crippen molar-refractivity contribution in [3.8, 4) is 0 Å². The van der Waals surface area contributed by atoms with Crippen LogP contribution in [0.1, 0.15) is 27.2 Å². The van der Waals surface area contributed by atoms with Gasteiger partial charge in [-0.2, -0.15) is 0 Å². The normalized spacial score (nSPS) is 31.3. The molecule has 1 aliphatic rings. The summed E-state index contributed by atoms with van der Waals surface area (Å²) >= 11 is 0. The lowest BCUT2D eigenvalue weighted by molar-refractivity contribution is -0.147. The van der Waals surface area contributed by atoms with Gasteiger partial charge in [0, 0.05) is 0 Å². The number of carbonyl (C=O) groups is 1. The second kappa shape index (κ2) is 2.73. The predicted octanol–water partition coefficient (Wildman–Crippen LogP) is 0.938. The molecule has 3 nitrogen and oxygen atoms in total. The van der Waals surface area contributed by atoms with Gasteiger partial charge in [-0.25, -0.2) is 0 Å². The fourth-order valence-corrected chi connectivity index (χ4v) is 1.75. The standard InChI is InChI=1S/C9H17NO2/c1-5-12-7(11)9(10-4)6-8(9,2)3/h10H,5-6H2,1-4H3/t9-/m1/s1. The molecule has 1 aliphatic carbocycles. The third kappa shape index (κ3) is 1.12. The van der Waals surface area contributed by atoms with Crippen molar-refractivity contribution in [3.05, 3.63) is 0 Å². The first-order valence-electron chi connectivity index (χ1n) is 4.36. The van der Waals surface area contributed by atoms with Gasteiger partial charge in [-0.3, -0.25) is 4.79 Å². The van der Waals surface area contributed by atoms with E-state index in [9.17, 15) is 4.79 Å². The van der Waals surface area contributed by atoms with E-state index in [1.165, 1.54) is 0 Å². The summed E-state index contributed by atoms with van der Waals surface area (Å²) in [7, 11) is 1.81. The van der Waals surface area contributed by atoms with Crippen molar-refractivity contribution in [2.75, 3.05) is 13.7 Å². The first kappa shape index (κ1) is 9.52. The Labute approximate surface area is 73.5 Å². The lowest BCUT2D eigenvalue weighted by atomic mass is 10.1. The maximum Gasteiger partial charge on any atom is 0.326 e. The van der Waals surface area contributed by atoms with Crippen LogP contribution in [0.15, 0.2) is 0 Å². The van der Waals surface area contributed by atoms with Crippen LogP contribution in [0.4, 0.5) is 0 Å². The van der Waals surface area contributed by atoms with Gasteiger partial charge < -0.3 is 10.1 Å². The lowest BCUT2D eigenvalue weighted by Gasteiger charge is -2.17. The summed E-state index contributed by atoms with van der Waals surface area (Å²) in [5.41, 5.74) is -0.364. The maximum absolute atomic E-state index is 11.5. The molecule has 1 saturated carbocycles. The molecule has 0 saturated heterocycles. The molecule has 0 aromatic carbocycles. The molecular weight excluding hydrogens is 154 g/mol. The Bertz CT molecular complexity index is 201. The molecule has 1 fully saturated rings. The Morgan fingerprint density at radius 2 is 2.08 bits per heavy atom. The van der Waals surface area contributed by atoms with Crippen LogP contribution in [0.25, 0.3) is 0 Å². The summed E-state index contributed by atoms with van der Waals surface area (Å²) in [5.74, 6) is -0.113. The van der Waals surface area contributed by atoms with Crippen LogP contribution in [0, 0.1) is 5.41 Å². The maximum atomic E-state index is 11.5. The van der Waals surface area contributed by atoms with Crippen molar-refractivity contribution in [2.24, 2.45) is 5.41 Å². The Morgan fingerprint density at radius 1 is 1.58 bits per heavy atom. The fourth-order valence-electron chi connectivity index (χ4n) is 1.75. The third-order valence-electron chi connectivity index (χ3n) is 2.79. The molecule has 12 heavy (non-hydrogen) atoms. The van der Waals surface area contributed by atoms with Gasteiger partial charge in [-0.15, -0.1) is 0 Å². The molecular formula is C9H17NO2. The Morgan fingerprint density at radius 3 is 2.33 bits per heavy atom. The van der Waals surface area contributed by atoms with E-state index in [-0.39, 0.29) is 11.4 Å². The average Bonchev–Trinajstić information content (AvgIpc) is 2.55. The fraction of sp³-hybridized carbons (Fsp3) is 0.889. The molecule has 0 radical (unpaired) electrons. The van der Waals surface area contributed by atoms with Gasteiger partial charge >= 0.3 is 5.97 Å². The smallest absolute Gasteiger partial charge is 0.326 e. The van der Waals surface area contributed by atoms with Gasteiger partial charge in [0.25, 0.3) is 0 Å². The minimum Gasteiger partial charge on any atom is -0.465 e. The van der Waals surface area contributed by atoms with Crippen molar-refractivity contribution in [1.29, 1.82) is 0 Å². The van der Waals surface area contributed by atoms with Crippen molar-refractivity contribution in [3.63, 3.8) is 0 Å². The zero-order chi connectivity index (χ0) is 9.41. The number of esters is 1. The first-order chi connectivity index (χ1) is 5.50. The van der Waals surface area contributed by atoms with Gasteiger partial charge in [0.05, 0.1) is 6.61 Å². The highest BCUT2D eigenvalue weighted by Gasteiger charge is 2.66. The number of rotatable bonds is 3. The molecule has 0 bridgehead atoms. The molecule has 3 heteroatoms. The van der Waals surface area contributed by atoms with Crippen molar-refractivity contribution in [1.82, 2.24) is 5.32 Å². The zero-order valence-corrected chi connectivity index (χ0v) is 8.23. The second-order valence-corrected chi connectivity index (χ2v) is 3.94. The molecule has 1 N–H and O–H groups in total. The average molecular weight is 171 g/mol. The number of hydrogen-bond donors (Lipinski definition) is 1. The van der Waals surface area contributed by atoms with Crippen LogP contribution < -0.4 is 5.32 Å². The summed E-state index contributed by atoms with van der Waals surface area (Å²) in [6, 6.07) is 0. The number of hydrogen-bond acceptors (Lipinski definition) is 3. The molecule has 1 atom stereocenters. The molecule has 0 aromatic heterocycles. The van der Waals surface area contributed by atoms with E-state index in [1.54, 1.807) is 0 Å². The van der Waals surface area contributed by atoms with Crippen molar-refractivity contribution >= 4 is 5.97 Å². The minimum absolute atomic E-state index is 0.0496. The molecule has 0 spiro atoms.